The Balaban J connectivity index is 0.000000599. The van der Waals surface area contributed by atoms with E-state index in [1.807, 2.05) is 51.2 Å². The number of aliphatic imine (C=N–C) groups is 1. The maximum Gasteiger partial charge on any atom is 0.180 e. The molecule has 0 amide bonds. The van der Waals surface area contributed by atoms with Gasteiger partial charge in [0.25, 0.3) is 0 Å². The van der Waals surface area contributed by atoms with Crippen LogP contribution in [0.4, 0.5) is 0 Å². The Bertz CT molecular complexity index is 1390. The van der Waals surface area contributed by atoms with Gasteiger partial charge in [-0.3, -0.25) is 19.6 Å². The summed E-state index contributed by atoms with van der Waals surface area (Å²) in [7, 11) is 3.53. The number of hydrogen-bond acceptors (Lipinski definition) is 6. The summed E-state index contributed by atoms with van der Waals surface area (Å²) >= 11 is 6.21. The quantitative estimate of drug-likeness (QED) is 0.0933. The van der Waals surface area contributed by atoms with Crippen LogP contribution >= 0.6 is 11.6 Å². The number of aromatic nitrogens is 4. The number of nitrogens with two attached hydrogens (primary N) is 1. The van der Waals surface area contributed by atoms with E-state index >= 15 is 0 Å². The molecule has 4 aromatic rings. The van der Waals surface area contributed by atoms with Gasteiger partial charge >= 0.3 is 0 Å². The standard InChI is InChI=1S/C12H14ClN3.C11H15NO.C7H10N2O.C3H8.C2H2/c1-2-12(14)10-4-3-8(5-11(10)13)9-6-15-16-7-9;1-9-5-4-6-11(7-9)8-13-10(2)12-3;1-3-7(10)6-4-8-9(2)5-6;1-3-2;1-2/h3-7,12H,2,14H2,1H3,(H,15,16);4-7H,8H2,1-3H3;4-5H,3H2,1-2H3;3H2,1-2H3;1-2H. The SMILES string of the molecule is C#C.CCC.CCC(=O)c1cnn(C)c1.CCC(N)c1ccc(-c2cn[nH]c2)cc1Cl.CN=C(C)OCc1cccc(C)c1. The van der Waals surface area contributed by atoms with Crippen molar-refractivity contribution in [2.24, 2.45) is 17.8 Å². The number of nitrogens with one attached hydrogen (secondary N) is 1. The number of ether oxygens (including phenoxy) is 1. The average molecular weight is 621 g/mol. The number of nitrogens with zero attached hydrogens (tertiary/aromatic N) is 4. The summed E-state index contributed by atoms with van der Waals surface area (Å²) in [5.41, 5.74) is 12.2. The molecule has 0 aliphatic rings. The lowest BCUT2D eigenvalue weighted by molar-refractivity contribution is 0.0988. The highest BCUT2D eigenvalue weighted by Gasteiger charge is 2.09. The predicted molar refractivity (Wildman–Crippen MR) is 185 cm³/mol. The number of carbonyl (C=O) groups excluding carboxylic acids is 1. The van der Waals surface area contributed by atoms with Crippen LogP contribution in [0.15, 0.2) is 72.2 Å². The Hall–Kier alpha value is -4.19. The minimum absolute atomic E-state index is 0.00546. The molecule has 9 heteroatoms. The second-order valence-corrected chi connectivity index (χ2v) is 10.1. The second kappa shape index (κ2) is 23.3. The molecule has 0 bridgehead atoms. The Morgan fingerprint density at radius 3 is 2.27 bits per heavy atom. The Morgan fingerprint density at radius 2 is 1.80 bits per heavy atom. The molecule has 0 spiro atoms. The van der Waals surface area contributed by atoms with Crippen LogP contribution in [0.3, 0.4) is 0 Å². The molecule has 2 heterocycles. The van der Waals surface area contributed by atoms with E-state index in [1.165, 1.54) is 17.5 Å². The molecular formula is C35H49ClN6O2. The first-order valence-corrected chi connectivity index (χ1v) is 15.0. The van der Waals surface area contributed by atoms with E-state index < -0.39 is 0 Å². The molecule has 0 aliphatic carbocycles. The van der Waals surface area contributed by atoms with E-state index in [1.54, 1.807) is 37.4 Å². The molecule has 44 heavy (non-hydrogen) atoms. The molecule has 8 nitrogen and oxygen atoms in total. The van der Waals surface area contributed by atoms with Crippen molar-refractivity contribution < 1.29 is 9.53 Å². The molecule has 2 aromatic heterocycles. The summed E-state index contributed by atoms with van der Waals surface area (Å²) in [6, 6.07) is 14.2. The average Bonchev–Trinajstić information content (AvgIpc) is 3.74. The number of ketones is 1. The third-order valence-electron chi connectivity index (χ3n) is 5.86. The van der Waals surface area contributed by atoms with Crippen LogP contribution in [-0.2, 0) is 18.4 Å². The highest BCUT2D eigenvalue weighted by atomic mass is 35.5. The number of aromatic amines is 1. The number of carbonyl (C=O) groups is 1. The van der Waals surface area contributed by atoms with Crippen molar-refractivity contribution in [3.05, 3.63) is 94.5 Å². The summed E-state index contributed by atoms with van der Waals surface area (Å²) in [6.45, 7) is 12.7. The van der Waals surface area contributed by atoms with Crippen LogP contribution in [0.25, 0.3) is 11.1 Å². The summed E-state index contributed by atoms with van der Waals surface area (Å²) < 4.78 is 7.01. The topological polar surface area (TPSA) is 111 Å². The monoisotopic (exact) mass is 620 g/mol. The number of H-pyrrole nitrogens is 1. The minimum atomic E-state index is 0.00546. The van der Waals surface area contributed by atoms with Crippen molar-refractivity contribution in [2.75, 3.05) is 7.05 Å². The lowest BCUT2D eigenvalue weighted by Gasteiger charge is -2.12. The van der Waals surface area contributed by atoms with Crippen LogP contribution in [0.1, 0.15) is 87.0 Å². The summed E-state index contributed by atoms with van der Waals surface area (Å²) in [5.74, 6) is 0.870. The minimum Gasteiger partial charge on any atom is -0.476 e. The van der Waals surface area contributed by atoms with Crippen molar-refractivity contribution in [2.45, 2.75) is 73.5 Å². The van der Waals surface area contributed by atoms with Crippen LogP contribution in [-0.4, -0.2) is 38.7 Å². The largest absolute Gasteiger partial charge is 0.476 e. The van der Waals surface area contributed by atoms with E-state index in [0.717, 1.165) is 29.0 Å². The van der Waals surface area contributed by atoms with Crippen LogP contribution in [0.2, 0.25) is 5.02 Å². The number of benzene rings is 2. The fraction of sp³-hybridized carbons (Fsp3) is 0.371. The number of halogens is 1. The first-order valence-electron chi connectivity index (χ1n) is 14.6. The van der Waals surface area contributed by atoms with Crippen molar-refractivity contribution in [3.63, 3.8) is 0 Å². The van der Waals surface area contributed by atoms with Gasteiger partial charge in [-0.05, 0) is 36.1 Å². The zero-order chi connectivity index (χ0) is 33.5. The smallest absolute Gasteiger partial charge is 0.180 e. The van der Waals surface area contributed by atoms with Gasteiger partial charge in [0, 0.05) is 56.5 Å². The number of hydrogen-bond donors (Lipinski definition) is 2. The van der Waals surface area contributed by atoms with Gasteiger partial charge in [0.05, 0.1) is 18.0 Å². The molecule has 0 saturated carbocycles. The van der Waals surface area contributed by atoms with Crippen LogP contribution in [0, 0.1) is 19.8 Å². The molecule has 0 radical (unpaired) electrons. The lowest BCUT2D eigenvalue weighted by Crippen LogP contribution is -2.09. The Morgan fingerprint density at radius 1 is 1.11 bits per heavy atom. The van der Waals surface area contributed by atoms with Gasteiger partial charge in [0.15, 0.2) is 11.7 Å². The number of terminal acetylenes is 1. The third-order valence-corrected chi connectivity index (χ3v) is 6.19. The predicted octanol–water partition coefficient (Wildman–Crippen LogP) is 8.38. The molecule has 4 rings (SSSR count). The van der Waals surface area contributed by atoms with E-state index in [9.17, 15) is 4.79 Å². The Kier molecular flexibility index (Phi) is 21.1. The molecular weight excluding hydrogens is 572 g/mol. The van der Waals surface area contributed by atoms with E-state index in [4.69, 9.17) is 22.1 Å². The fourth-order valence-electron chi connectivity index (χ4n) is 3.46. The zero-order valence-electron chi connectivity index (χ0n) is 27.5. The van der Waals surface area contributed by atoms with E-state index in [-0.39, 0.29) is 11.8 Å². The maximum absolute atomic E-state index is 11.0. The fourth-order valence-corrected chi connectivity index (χ4v) is 3.78. The van der Waals surface area contributed by atoms with Crippen LogP contribution in [0.5, 0.6) is 0 Å². The van der Waals surface area contributed by atoms with Gasteiger partial charge < -0.3 is 10.5 Å². The van der Waals surface area contributed by atoms with E-state index in [0.29, 0.717) is 23.6 Å². The lowest BCUT2D eigenvalue weighted by atomic mass is 10.0. The van der Waals surface area contributed by atoms with Crippen molar-refractivity contribution >= 4 is 23.3 Å². The van der Waals surface area contributed by atoms with Gasteiger partial charge in [0.2, 0.25) is 0 Å². The Labute approximate surface area is 269 Å². The number of aryl methyl sites for hydroxylation is 2. The van der Waals surface area contributed by atoms with Gasteiger partial charge in [-0.2, -0.15) is 10.2 Å². The van der Waals surface area contributed by atoms with Gasteiger partial charge in [0.1, 0.15) is 6.61 Å². The molecule has 1 atom stereocenters. The van der Waals surface area contributed by atoms with Gasteiger partial charge in [-0.25, -0.2) is 0 Å². The molecule has 1 unspecified atom stereocenters. The zero-order valence-corrected chi connectivity index (χ0v) is 28.2. The molecule has 3 N–H and O–H groups in total. The molecule has 0 saturated heterocycles. The van der Waals surface area contributed by atoms with Crippen molar-refractivity contribution in [1.29, 1.82) is 0 Å². The summed E-state index contributed by atoms with van der Waals surface area (Å²) in [4.78, 5) is 14.9. The number of Topliss-reactive ketones (excluding diaryl/α,β-unsaturated/α-hetero) is 1. The molecule has 0 aliphatic heterocycles. The summed E-state index contributed by atoms with van der Waals surface area (Å²) in [6.07, 6.45) is 17.6. The second-order valence-electron chi connectivity index (χ2n) is 9.64. The number of rotatable bonds is 7. The van der Waals surface area contributed by atoms with Crippen LogP contribution < -0.4 is 5.73 Å². The normalized spacial score (nSPS) is 10.7. The molecule has 2 aromatic carbocycles. The first kappa shape index (κ1) is 39.8. The van der Waals surface area contributed by atoms with Crippen molar-refractivity contribution in [1.82, 2.24) is 20.0 Å². The maximum atomic E-state index is 11.0. The van der Waals surface area contributed by atoms with Crippen molar-refractivity contribution in [3.8, 4) is 24.0 Å². The van der Waals surface area contributed by atoms with Gasteiger partial charge in [-0.1, -0.05) is 87.7 Å². The summed E-state index contributed by atoms with van der Waals surface area (Å²) in [5, 5.41) is 11.3. The third kappa shape index (κ3) is 15.3. The first-order chi connectivity index (χ1) is 21.1. The molecule has 0 fully saturated rings. The highest BCUT2D eigenvalue weighted by Crippen LogP contribution is 2.28. The van der Waals surface area contributed by atoms with E-state index in [2.05, 4.69) is 72.1 Å². The van der Waals surface area contributed by atoms with Gasteiger partial charge in [-0.15, -0.1) is 12.8 Å². The highest BCUT2D eigenvalue weighted by molar-refractivity contribution is 6.31. The molecule has 238 valence electrons.